The van der Waals surface area contributed by atoms with Gasteiger partial charge in [0, 0.05) is 31.5 Å². The first-order chi connectivity index (χ1) is 13.2. The van der Waals surface area contributed by atoms with Gasteiger partial charge in [0.15, 0.2) is 5.82 Å². The van der Waals surface area contributed by atoms with E-state index in [0.717, 1.165) is 24.5 Å². The number of hydrogen-bond acceptors (Lipinski definition) is 4. The third-order valence-electron chi connectivity index (χ3n) is 4.84. The normalized spacial score (nSPS) is 13.9. The van der Waals surface area contributed by atoms with Gasteiger partial charge in [-0.15, -0.1) is 0 Å². The smallest absolute Gasteiger partial charge is 0.254 e. The predicted molar refractivity (Wildman–Crippen MR) is 102 cm³/mol. The van der Waals surface area contributed by atoms with Gasteiger partial charge in [-0.3, -0.25) is 4.79 Å². The quantitative estimate of drug-likeness (QED) is 0.774. The van der Waals surface area contributed by atoms with Crippen LogP contribution < -0.4 is 0 Å². The van der Waals surface area contributed by atoms with Crippen molar-refractivity contribution in [3.8, 4) is 5.75 Å². The Labute approximate surface area is 158 Å². The summed E-state index contributed by atoms with van der Waals surface area (Å²) in [6.45, 7) is 1.83. The highest BCUT2D eigenvalue weighted by Crippen LogP contribution is 2.15. The molecule has 4 rings (SSSR count). The van der Waals surface area contributed by atoms with Crippen LogP contribution in [0.4, 0.5) is 0 Å². The largest absolute Gasteiger partial charge is 0.508 e. The third-order valence-corrected chi connectivity index (χ3v) is 4.84. The molecule has 0 spiro atoms. The highest BCUT2D eigenvalue weighted by atomic mass is 16.3. The van der Waals surface area contributed by atoms with Crippen molar-refractivity contribution in [1.82, 2.24) is 19.7 Å². The van der Waals surface area contributed by atoms with Gasteiger partial charge >= 0.3 is 0 Å². The number of amides is 1. The second kappa shape index (κ2) is 7.61. The molecule has 0 saturated carbocycles. The average molecular weight is 362 g/mol. The van der Waals surface area contributed by atoms with Crippen molar-refractivity contribution in [2.45, 2.75) is 25.8 Å². The van der Waals surface area contributed by atoms with Crippen molar-refractivity contribution in [1.29, 1.82) is 0 Å². The Morgan fingerprint density at radius 1 is 1.00 bits per heavy atom. The number of aromatic nitrogens is 3. The first-order valence-electron chi connectivity index (χ1n) is 9.24. The minimum absolute atomic E-state index is 0.0686. The Balaban J connectivity index is 1.39. The van der Waals surface area contributed by atoms with E-state index >= 15 is 0 Å². The van der Waals surface area contributed by atoms with E-state index in [1.54, 1.807) is 23.1 Å². The topological polar surface area (TPSA) is 71.2 Å². The van der Waals surface area contributed by atoms with Crippen LogP contribution in [0.3, 0.4) is 0 Å². The number of nitrogens with zero attached hydrogens (tertiary/aromatic N) is 4. The number of phenolic OH excluding ortho intramolecular Hbond substituents is 1. The Morgan fingerprint density at radius 3 is 2.67 bits per heavy atom. The third kappa shape index (κ3) is 4.00. The van der Waals surface area contributed by atoms with Gasteiger partial charge in [-0.1, -0.05) is 36.4 Å². The fourth-order valence-electron chi connectivity index (χ4n) is 3.38. The summed E-state index contributed by atoms with van der Waals surface area (Å²) in [6.07, 6.45) is 2.42. The average Bonchev–Trinajstić information content (AvgIpc) is 2.98. The minimum Gasteiger partial charge on any atom is -0.508 e. The Bertz CT molecular complexity index is 911. The van der Waals surface area contributed by atoms with Crippen LogP contribution in [-0.2, 0) is 25.8 Å². The summed E-state index contributed by atoms with van der Waals surface area (Å²) in [5.41, 5.74) is 1.79. The zero-order valence-corrected chi connectivity index (χ0v) is 15.1. The van der Waals surface area contributed by atoms with E-state index in [1.165, 1.54) is 11.6 Å². The minimum atomic E-state index is -0.0686. The van der Waals surface area contributed by atoms with Crippen molar-refractivity contribution in [2.75, 3.05) is 13.1 Å². The molecule has 27 heavy (non-hydrogen) atoms. The van der Waals surface area contributed by atoms with E-state index in [1.807, 2.05) is 22.9 Å². The molecule has 0 bridgehead atoms. The predicted octanol–water partition coefficient (Wildman–Crippen LogP) is 2.47. The number of benzene rings is 2. The number of aromatic hydroxyl groups is 1. The van der Waals surface area contributed by atoms with Gasteiger partial charge in [-0.25, -0.2) is 9.67 Å². The molecule has 138 valence electrons. The van der Waals surface area contributed by atoms with Gasteiger partial charge in [-0.2, -0.15) is 5.10 Å². The molecule has 0 atom stereocenters. The van der Waals surface area contributed by atoms with E-state index in [2.05, 4.69) is 22.2 Å². The number of fused-ring (bicyclic) bond motifs is 1. The molecule has 2 aromatic carbocycles. The maximum atomic E-state index is 12.7. The number of carbonyl (C=O) groups excluding carboxylic acids is 1. The SMILES string of the molecule is O=C(c1cccc(O)c1)N1CCc2nc(CCc3ccccc3)nn2CC1. The van der Waals surface area contributed by atoms with Gasteiger partial charge in [0.05, 0.1) is 6.54 Å². The molecule has 6 heteroatoms. The van der Waals surface area contributed by atoms with Crippen LogP contribution in [-0.4, -0.2) is 43.8 Å². The maximum absolute atomic E-state index is 12.7. The highest BCUT2D eigenvalue weighted by Gasteiger charge is 2.22. The second-order valence-electron chi connectivity index (χ2n) is 6.75. The van der Waals surface area contributed by atoms with Crippen molar-refractivity contribution in [3.63, 3.8) is 0 Å². The number of carbonyl (C=O) groups is 1. The van der Waals surface area contributed by atoms with Crippen LogP contribution in [0, 0.1) is 0 Å². The number of rotatable bonds is 4. The molecule has 1 aromatic heterocycles. The number of phenols is 1. The molecule has 1 aliphatic rings. The molecule has 6 nitrogen and oxygen atoms in total. The van der Waals surface area contributed by atoms with Crippen LogP contribution >= 0.6 is 0 Å². The van der Waals surface area contributed by atoms with Crippen LogP contribution in [0.5, 0.6) is 5.75 Å². The summed E-state index contributed by atoms with van der Waals surface area (Å²) in [5.74, 6) is 1.83. The lowest BCUT2D eigenvalue weighted by Gasteiger charge is -2.20. The first-order valence-corrected chi connectivity index (χ1v) is 9.24. The molecule has 3 aromatic rings. The van der Waals surface area contributed by atoms with Gasteiger partial charge in [0.2, 0.25) is 0 Å². The lowest BCUT2D eigenvalue weighted by atomic mass is 10.1. The van der Waals surface area contributed by atoms with Crippen LogP contribution in [0.25, 0.3) is 0 Å². The Hall–Kier alpha value is -3.15. The van der Waals surface area contributed by atoms with Crippen LogP contribution in [0.2, 0.25) is 0 Å². The molecular weight excluding hydrogens is 340 g/mol. The zero-order valence-electron chi connectivity index (χ0n) is 15.1. The Morgan fingerprint density at radius 2 is 1.85 bits per heavy atom. The summed E-state index contributed by atoms with van der Waals surface area (Å²) >= 11 is 0. The van der Waals surface area contributed by atoms with Crippen molar-refractivity contribution in [3.05, 3.63) is 77.4 Å². The second-order valence-corrected chi connectivity index (χ2v) is 6.75. The molecule has 0 saturated heterocycles. The van der Waals surface area contributed by atoms with Crippen molar-refractivity contribution >= 4 is 5.91 Å². The summed E-state index contributed by atoms with van der Waals surface area (Å²) in [5, 5.41) is 14.2. The van der Waals surface area contributed by atoms with E-state index in [-0.39, 0.29) is 11.7 Å². The van der Waals surface area contributed by atoms with Crippen molar-refractivity contribution < 1.29 is 9.90 Å². The van der Waals surface area contributed by atoms with E-state index in [4.69, 9.17) is 0 Å². The van der Waals surface area contributed by atoms with Gasteiger partial charge in [-0.05, 0) is 30.2 Å². The van der Waals surface area contributed by atoms with Crippen LogP contribution in [0.1, 0.15) is 27.6 Å². The molecule has 0 aliphatic carbocycles. The number of aryl methyl sites for hydroxylation is 2. The summed E-state index contributed by atoms with van der Waals surface area (Å²) < 4.78 is 1.93. The van der Waals surface area contributed by atoms with Crippen LogP contribution in [0.15, 0.2) is 54.6 Å². The lowest BCUT2D eigenvalue weighted by molar-refractivity contribution is 0.0757. The molecule has 0 radical (unpaired) electrons. The van der Waals surface area contributed by atoms with Gasteiger partial charge in [0.1, 0.15) is 11.6 Å². The van der Waals surface area contributed by atoms with Gasteiger partial charge in [0.25, 0.3) is 5.91 Å². The summed E-state index contributed by atoms with van der Waals surface area (Å²) in [7, 11) is 0. The summed E-state index contributed by atoms with van der Waals surface area (Å²) in [4.78, 5) is 19.1. The monoisotopic (exact) mass is 362 g/mol. The lowest BCUT2D eigenvalue weighted by Crippen LogP contribution is -2.33. The van der Waals surface area contributed by atoms with Gasteiger partial charge < -0.3 is 10.0 Å². The number of hydrogen-bond donors (Lipinski definition) is 1. The van der Waals surface area contributed by atoms with E-state index in [0.29, 0.717) is 31.6 Å². The molecule has 0 unspecified atom stereocenters. The summed E-state index contributed by atoms with van der Waals surface area (Å²) in [6, 6.07) is 16.8. The van der Waals surface area contributed by atoms with Crippen molar-refractivity contribution in [2.24, 2.45) is 0 Å². The first kappa shape index (κ1) is 17.3. The van der Waals surface area contributed by atoms with E-state index in [9.17, 15) is 9.90 Å². The highest BCUT2D eigenvalue weighted by molar-refractivity contribution is 5.94. The standard InChI is InChI=1S/C21H22N4O2/c26-18-8-4-7-17(15-18)21(27)24-12-11-20-22-19(23-25(20)14-13-24)10-9-16-5-2-1-3-6-16/h1-8,15,26H,9-14H2. The molecule has 1 amide bonds. The Kier molecular flexibility index (Phi) is 4.87. The zero-order chi connectivity index (χ0) is 18.6. The van der Waals surface area contributed by atoms with E-state index < -0.39 is 0 Å². The maximum Gasteiger partial charge on any atom is 0.254 e. The molecule has 1 aliphatic heterocycles. The molecule has 2 heterocycles. The molecule has 1 N–H and O–H groups in total. The fraction of sp³-hybridized carbons (Fsp3) is 0.286. The molecule has 0 fully saturated rings. The molecular formula is C21H22N4O2. The fourth-order valence-corrected chi connectivity index (χ4v) is 3.38.